The fourth-order valence-corrected chi connectivity index (χ4v) is 4.72. The summed E-state index contributed by atoms with van der Waals surface area (Å²) >= 11 is 3.51. The van der Waals surface area contributed by atoms with E-state index in [1.54, 1.807) is 5.57 Å². The van der Waals surface area contributed by atoms with E-state index in [9.17, 15) is 4.79 Å². The summed E-state index contributed by atoms with van der Waals surface area (Å²) in [6, 6.07) is 0. The molecule has 1 nitrogen and oxygen atoms in total. The van der Waals surface area contributed by atoms with Gasteiger partial charge in [0.25, 0.3) is 0 Å². The predicted molar refractivity (Wildman–Crippen MR) is 70.4 cm³/mol. The van der Waals surface area contributed by atoms with Crippen LogP contribution >= 0.6 is 15.9 Å². The van der Waals surface area contributed by atoms with E-state index in [1.807, 2.05) is 0 Å². The van der Waals surface area contributed by atoms with Crippen molar-refractivity contribution in [2.75, 3.05) is 0 Å². The summed E-state index contributed by atoms with van der Waals surface area (Å²) in [6.45, 7) is 4.50. The molecule has 0 aromatic heterocycles. The molecule has 0 unspecified atom stereocenters. The van der Waals surface area contributed by atoms with Gasteiger partial charge >= 0.3 is 0 Å². The molecular formula is C14H21BrO. The highest BCUT2D eigenvalue weighted by molar-refractivity contribution is 9.11. The first-order chi connectivity index (χ1) is 7.63. The minimum atomic E-state index is 0.227. The molecule has 0 N–H and O–H groups in total. The van der Waals surface area contributed by atoms with Gasteiger partial charge in [-0.3, -0.25) is 0 Å². The lowest BCUT2D eigenvalue weighted by Gasteiger charge is -2.43. The van der Waals surface area contributed by atoms with Gasteiger partial charge in [0.2, 0.25) is 0 Å². The first kappa shape index (κ1) is 12.3. The van der Waals surface area contributed by atoms with E-state index < -0.39 is 0 Å². The van der Waals surface area contributed by atoms with Crippen molar-refractivity contribution in [1.29, 1.82) is 0 Å². The monoisotopic (exact) mass is 284 g/mol. The predicted octanol–water partition coefficient (Wildman–Crippen LogP) is 4.32. The molecule has 2 heteroatoms. The summed E-state index contributed by atoms with van der Waals surface area (Å²) in [6.07, 6.45) is 7.48. The molecule has 4 atom stereocenters. The summed E-state index contributed by atoms with van der Waals surface area (Å²) in [5, 5.41) is 0. The highest BCUT2D eigenvalue weighted by Gasteiger charge is 2.50. The molecule has 2 aliphatic rings. The first-order valence-corrected chi connectivity index (χ1v) is 7.29. The van der Waals surface area contributed by atoms with Crippen molar-refractivity contribution in [1.82, 2.24) is 0 Å². The Bertz CT molecular complexity index is 310. The van der Waals surface area contributed by atoms with Crippen molar-refractivity contribution in [3.05, 3.63) is 10.6 Å². The van der Waals surface area contributed by atoms with Crippen LogP contribution in [0.15, 0.2) is 10.6 Å². The zero-order valence-corrected chi connectivity index (χ0v) is 11.8. The lowest BCUT2D eigenvalue weighted by atomic mass is 9.61. The van der Waals surface area contributed by atoms with Crippen LogP contribution in [0, 0.1) is 23.2 Å². The summed E-state index contributed by atoms with van der Waals surface area (Å²) < 4.78 is 0. The molecule has 0 aromatic carbocycles. The molecule has 0 bridgehead atoms. The highest BCUT2D eigenvalue weighted by atomic mass is 79.9. The number of hydrogen-bond acceptors (Lipinski definition) is 1. The van der Waals surface area contributed by atoms with Crippen LogP contribution in [0.3, 0.4) is 0 Å². The van der Waals surface area contributed by atoms with Gasteiger partial charge in [0.05, 0.1) is 0 Å². The second-order valence-corrected chi connectivity index (χ2v) is 6.23. The molecule has 2 rings (SSSR count). The first-order valence-electron chi connectivity index (χ1n) is 6.38. The van der Waals surface area contributed by atoms with Gasteiger partial charge in [-0.15, -0.1) is 0 Å². The number of halogens is 1. The van der Waals surface area contributed by atoms with Crippen molar-refractivity contribution < 1.29 is 4.79 Å². The maximum atomic E-state index is 11.0. The smallest absolute Gasteiger partial charge is 0.123 e. The molecule has 0 heterocycles. The van der Waals surface area contributed by atoms with Gasteiger partial charge in [0, 0.05) is 5.92 Å². The Labute approximate surface area is 107 Å². The van der Waals surface area contributed by atoms with Crippen molar-refractivity contribution in [3.8, 4) is 0 Å². The Morgan fingerprint density at radius 2 is 2.25 bits per heavy atom. The third-order valence-corrected chi connectivity index (χ3v) is 5.62. The van der Waals surface area contributed by atoms with Crippen LogP contribution < -0.4 is 0 Å². The largest absolute Gasteiger partial charge is 0.303 e. The minimum Gasteiger partial charge on any atom is -0.303 e. The van der Waals surface area contributed by atoms with Crippen LogP contribution in [0.4, 0.5) is 0 Å². The van der Waals surface area contributed by atoms with Crippen molar-refractivity contribution in [3.63, 3.8) is 0 Å². The van der Waals surface area contributed by atoms with Crippen LogP contribution in [0.5, 0.6) is 0 Å². The molecule has 0 aliphatic heterocycles. The van der Waals surface area contributed by atoms with Crippen LogP contribution in [0.2, 0.25) is 0 Å². The standard InChI is InChI=1S/C14H21BrO/c1-10(9-16)12-5-6-13-11(8-15)4-3-7-14(12,13)2/h8-10,12-13H,3-7H2,1-2H3/b11-8+/t10-,12-,13+,14+/m1/s1. The number of hydrogen-bond donors (Lipinski definition) is 0. The molecule has 0 radical (unpaired) electrons. The van der Waals surface area contributed by atoms with Gasteiger partial charge in [-0.1, -0.05) is 35.4 Å². The van der Waals surface area contributed by atoms with E-state index in [1.165, 1.54) is 32.1 Å². The van der Waals surface area contributed by atoms with Gasteiger partial charge < -0.3 is 4.79 Å². The van der Waals surface area contributed by atoms with Crippen LogP contribution in [-0.2, 0) is 4.79 Å². The van der Waals surface area contributed by atoms with Crippen LogP contribution in [-0.4, -0.2) is 6.29 Å². The van der Waals surface area contributed by atoms with E-state index in [2.05, 4.69) is 34.8 Å². The maximum absolute atomic E-state index is 11.0. The third kappa shape index (κ3) is 1.79. The molecule has 0 saturated heterocycles. The fraction of sp³-hybridized carbons (Fsp3) is 0.786. The molecule has 0 aromatic rings. The molecule has 0 spiro atoms. The molecule has 0 amide bonds. The number of allylic oxidation sites excluding steroid dienone is 1. The van der Waals surface area contributed by atoms with Gasteiger partial charge in [-0.05, 0) is 54.3 Å². The minimum absolute atomic E-state index is 0.227. The van der Waals surface area contributed by atoms with Gasteiger partial charge in [-0.25, -0.2) is 0 Å². The maximum Gasteiger partial charge on any atom is 0.123 e. The van der Waals surface area contributed by atoms with E-state index in [0.29, 0.717) is 17.3 Å². The SMILES string of the molecule is C[C@H](C=O)[C@H]1CC[C@H]2/C(=C/Br)CCC[C@@]12C. The quantitative estimate of drug-likeness (QED) is 0.691. The summed E-state index contributed by atoms with van der Waals surface area (Å²) in [7, 11) is 0. The number of fused-ring (bicyclic) bond motifs is 1. The topological polar surface area (TPSA) is 17.1 Å². The third-order valence-electron chi connectivity index (χ3n) is 5.03. The van der Waals surface area contributed by atoms with Gasteiger partial charge in [0.15, 0.2) is 0 Å². The molecule has 2 fully saturated rings. The van der Waals surface area contributed by atoms with E-state index in [-0.39, 0.29) is 5.92 Å². The Morgan fingerprint density at radius 3 is 2.88 bits per heavy atom. The normalized spacial score (nSPS) is 43.1. The van der Waals surface area contributed by atoms with E-state index in [4.69, 9.17) is 0 Å². The van der Waals surface area contributed by atoms with Crippen molar-refractivity contribution >= 4 is 22.2 Å². The Kier molecular flexibility index (Phi) is 3.58. The van der Waals surface area contributed by atoms with E-state index >= 15 is 0 Å². The summed E-state index contributed by atoms with van der Waals surface area (Å²) in [5.41, 5.74) is 1.95. The summed E-state index contributed by atoms with van der Waals surface area (Å²) in [4.78, 5) is 13.2. The number of carbonyl (C=O) groups is 1. The Balaban J connectivity index is 2.27. The molecular weight excluding hydrogens is 264 g/mol. The van der Waals surface area contributed by atoms with Gasteiger partial charge in [0.1, 0.15) is 6.29 Å². The van der Waals surface area contributed by atoms with E-state index in [0.717, 1.165) is 6.29 Å². The van der Waals surface area contributed by atoms with Crippen LogP contribution in [0.25, 0.3) is 0 Å². The lowest BCUT2D eigenvalue weighted by Crippen LogP contribution is -2.36. The van der Waals surface area contributed by atoms with Crippen molar-refractivity contribution in [2.45, 2.75) is 46.0 Å². The second kappa shape index (κ2) is 4.64. The average molecular weight is 285 g/mol. The number of rotatable bonds is 2. The number of carbonyl (C=O) groups excluding carboxylic acids is 1. The molecule has 90 valence electrons. The lowest BCUT2D eigenvalue weighted by molar-refractivity contribution is -0.113. The van der Waals surface area contributed by atoms with Gasteiger partial charge in [-0.2, -0.15) is 0 Å². The number of aldehydes is 1. The molecule has 2 aliphatic carbocycles. The zero-order valence-electron chi connectivity index (χ0n) is 10.2. The van der Waals surface area contributed by atoms with Crippen molar-refractivity contribution in [2.24, 2.45) is 23.2 Å². The average Bonchev–Trinajstić information content (AvgIpc) is 2.64. The Hall–Kier alpha value is -0.110. The fourth-order valence-electron chi connectivity index (χ4n) is 4.17. The second-order valence-electron chi connectivity index (χ2n) is 5.78. The zero-order chi connectivity index (χ0) is 11.8. The Morgan fingerprint density at radius 1 is 1.50 bits per heavy atom. The highest BCUT2D eigenvalue weighted by Crippen LogP contribution is 2.59. The van der Waals surface area contributed by atoms with Crippen LogP contribution in [0.1, 0.15) is 46.0 Å². The molecule has 16 heavy (non-hydrogen) atoms. The summed E-state index contributed by atoms with van der Waals surface area (Å²) in [5.74, 6) is 1.54. The molecule has 2 saturated carbocycles.